The number of aromatic nitrogens is 4. The van der Waals surface area contributed by atoms with Crippen LogP contribution in [-0.4, -0.2) is 25.9 Å². The van der Waals surface area contributed by atoms with Crippen LogP contribution in [0.1, 0.15) is 10.7 Å². The minimum absolute atomic E-state index is 0.470. The molecule has 0 aromatic carbocycles. The van der Waals surface area contributed by atoms with Crippen LogP contribution in [0, 0.1) is 6.92 Å². The first-order valence-corrected chi connectivity index (χ1v) is 6.84. The van der Waals surface area contributed by atoms with Crippen molar-refractivity contribution in [1.82, 2.24) is 19.4 Å². The second kappa shape index (κ2) is 4.85. The van der Waals surface area contributed by atoms with Crippen LogP contribution in [0.5, 0.6) is 0 Å². The van der Waals surface area contributed by atoms with Gasteiger partial charge in [-0.3, -0.25) is 0 Å². The van der Waals surface area contributed by atoms with E-state index in [0.717, 1.165) is 29.3 Å². The van der Waals surface area contributed by atoms with Crippen molar-refractivity contribution in [3.05, 3.63) is 34.7 Å². The van der Waals surface area contributed by atoms with Crippen LogP contribution in [0.2, 0.25) is 0 Å². The minimum atomic E-state index is 0.470. The molecule has 98 valence electrons. The molecular formula is C12H14N6S. The van der Waals surface area contributed by atoms with Crippen LogP contribution < -0.4 is 11.1 Å². The first-order chi connectivity index (χ1) is 9.22. The fourth-order valence-corrected chi connectivity index (χ4v) is 2.65. The second-order valence-electron chi connectivity index (χ2n) is 4.23. The number of nitrogens with one attached hydrogen (secondary N) is 1. The molecule has 0 aliphatic rings. The van der Waals surface area contributed by atoms with Gasteiger partial charge in [0.1, 0.15) is 5.82 Å². The van der Waals surface area contributed by atoms with Gasteiger partial charge in [-0.15, -0.1) is 11.3 Å². The van der Waals surface area contributed by atoms with Crippen LogP contribution >= 0.6 is 11.3 Å². The highest BCUT2D eigenvalue weighted by Gasteiger charge is 2.06. The molecule has 3 N–H and O–H groups in total. The Labute approximate surface area is 114 Å². The van der Waals surface area contributed by atoms with E-state index >= 15 is 0 Å². The molecule has 0 saturated carbocycles. The summed E-state index contributed by atoms with van der Waals surface area (Å²) >= 11 is 1.68. The van der Waals surface area contributed by atoms with E-state index in [1.54, 1.807) is 23.7 Å². The summed E-state index contributed by atoms with van der Waals surface area (Å²) in [5.74, 6) is 1.18. The highest BCUT2D eigenvalue weighted by Crippen LogP contribution is 2.15. The van der Waals surface area contributed by atoms with E-state index in [1.165, 1.54) is 0 Å². The van der Waals surface area contributed by atoms with Crippen LogP contribution in [0.25, 0.3) is 5.65 Å². The maximum Gasteiger partial charge on any atom is 0.180 e. The van der Waals surface area contributed by atoms with Crippen molar-refractivity contribution in [3.8, 4) is 0 Å². The first-order valence-electron chi connectivity index (χ1n) is 5.96. The Kier molecular flexibility index (Phi) is 3.04. The van der Waals surface area contributed by atoms with Crippen molar-refractivity contribution >= 4 is 28.6 Å². The molecule has 0 bridgehead atoms. The quantitative estimate of drug-likeness (QED) is 0.757. The Morgan fingerprint density at radius 2 is 2.32 bits per heavy atom. The summed E-state index contributed by atoms with van der Waals surface area (Å²) in [6.07, 6.45) is 6.19. The van der Waals surface area contributed by atoms with Crippen molar-refractivity contribution in [2.75, 3.05) is 17.6 Å². The highest BCUT2D eigenvalue weighted by molar-refractivity contribution is 7.09. The van der Waals surface area contributed by atoms with Gasteiger partial charge in [-0.2, -0.15) is 0 Å². The number of nitrogens with zero attached hydrogens (tertiary/aromatic N) is 4. The zero-order valence-electron chi connectivity index (χ0n) is 10.5. The third-order valence-electron chi connectivity index (χ3n) is 2.69. The van der Waals surface area contributed by atoms with Gasteiger partial charge in [0.05, 0.1) is 11.2 Å². The minimum Gasteiger partial charge on any atom is -0.382 e. The smallest absolute Gasteiger partial charge is 0.180 e. The van der Waals surface area contributed by atoms with Gasteiger partial charge in [0.25, 0.3) is 0 Å². The lowest BCUT2D eigenvalue weighted by atomic mass is 10.4. The van der Waals surface area contributed by atoms with Crippen LogP contribution in [-0.2, 0) is 6.42 Å². The predicted molar refractivity (Wildman–Crippen MR) is 76.4 cm³/mol. The fraction of sp³-hybridized carbons (Fsp3) is 0.250. The highest BCUT2D eigenvalue weighted by atomic mass is 32.1. The fourth-order valence-electron chi connectivity index (χ4n) is 1.88. The number of aryl methyl sites for hydroxylation is 1. The van der Waals surface area contributed by atoms with Crippen LogP contribution in [0.15, 0.2) is 24.0 Å². The molecule has 0 radical (unpaired) electrons. The standard InChI is InChI=1S/C12H14N6S/c1-8-7-19-10(16-8)2-3-14-11-12-15-4-5-18(12)6-9(13)17-11/h4-7H,2-3,13H2,1H3,(H,14,17). The number of imidazole rings is 1. The lowest BCUT2D eigenvalue weighted by molar-refractivity contribution is 0.974. The number of rotatable bonds is 4. The van der Waals surface area contributed by atoms with Gasteiger partial charge in [0.15, 0.2) is 11.5 Å². The Morgan fingerprint density at radius 3 is 3.11 bits per heavy atom. The molecule has 0 unspecified atom stereocenters. The number of anilines is 2. The Balaban J connectivity index is 1.73. The van der Waals surface area contributed by atoms with Crippen molar-refractivity contribution in [3.63, 3.8) is 0 Å². The van der Waals surface area contributed by atoms with E-state index < -0.39 is 0 Å². The number of hydrogen-bond acceptors (Lipinski definition) is 6. The molecule has 0 atom stereocenters. The summed E-state index contributed by atoms with van der Waals surface area (Å²) in [5.41, 5.74) is 7.61. The normalized spacial score (nSPS) is 11.0. The molecule has 7 heteroatoms. The number of thiazole rings is 1. The van der Waals surface area contributed by atoms with Gasteiger partial charge in [0, 0.05) is 36.4 Å². The summed E-state index contributed by atoms with van der Waals surface area (Å²) in [6.45, 7) is 2.76. The van der Waals surface area contributed by atoms with E-state index in [1.807, 2.05) is 17.5 Å². The number of fused-ring (bicyclic) bond motifs is 1. The summed E-state index contributed by atoms with van der Waals surface area (Å²) < 4.78 is 1.86. The molecule has 0 spiro atoms. The molecule has 0 aliphatic heterocycles. The molecule has 0 amide bonds. The lowest BCUT2D eigenvalue weighted by Gasteiger charge is -2.06. The van der Waals surface area contributed by atoms with Gasteiger partial charge < -0.3 is 15.5 Å². The predicted octanol–water partition coefficient (Wildman–Crippen LogP) is 1.73. The zero-order chi connectivity index (χ0) is 13.2. The van der Waals surface area contributed by atoms with E-state index in [4.69, 9.17) is 5.73 Å². The topological polar surface area (TPSA) is 81.1 Å². The molecule has 3 rings (SSSR count). The Morgan fingerprint density at radius 1 is 1.42 bits per heavy atom. The Hall–Kier alpha value is -2.15. The van der Waals surface area contributed by atoms with E-state index in [0.29, 0.717) is 11.6 Å². The molecule has 6 nitrogen and oxygen atoms in total. The summed E-state index contributed by atoms with van der Waals surface area (Å²) in [4.78, 5) is 13.0. The van der Waals surface area contributed by atoms with Crippen LogP contribution in [0.3, 0.4) is 0 Å². The average Bonchev–Trinajstić information content (AvgIpc) is 2.98. The zero-order valence-corrected chi connectivity index (χ0v) is 11.3. The van der Waals surface area contributed by atoms with Gasteiger partial charge in [-0.25, -0.2) is 15.0 Å². The monoisotopic (exact) mass is 274 g/mol. The molecule has 0 saturated heterocycles. The van der Waals surface area contributed by atoms with Gasteiger partial charge >= 0.3 is 0 Å². The largest absolute Gasteiger partial charge is 0.382 e. The Bertz CT molecular complexity index is 701. The van der Waals surface area contributed by atoms with Gasteiger partial charge in [-0.05, 0) is 6.92 Å². The lowest BCUT2D eigenvalue weighted by Crippen LogP contribution is -2.09. The van der Waals surface area contributed by atoms with Gasteiger partial charge in [0.2, 0.25) is 0 Å². The molecule has 19 heavy (non-hydrogen) atoms. The maximum atomic E-state index is 5.76. The van der Waals surface area contributed by atoms with E-state index in [2.05, 4.69) is 25.6 Å². The molecule has 3 aromatic rings. The van der Waals surface area contributed by atoms with Crippen molar-refractivity contribution in [2.45, 2.75) is 13.3 Å². The number of nitrogens with two attached hydrogens (primary N) is 1. The number of nitrogen functional groups attached to an aromatic ring is 1. The molecule has 0 fully saturated rings. The maximum absolute atomic E-state index is 5.76. The third kappa shape index (κ3) is 2.50. The van der Waals surface area contributed by atoms with E-state index in [9.17, 15) is 0 Å². The van der Waals surface area contributed by atoms with Gasteiger partial charge in [-0.1, -0.05) is 0 Å². The third-order valence-corrected chi connectivity index (χ3v) is 3.72. The SMILES string of the molecule is Cc1csc(CCNc2nc(N)cn3ccnc23)n1. The molecule has 3 aromatic heterocycles. The summed E-state index contributed by atoms with van der Waals surface area (Å²) in [5, 5.41) is 6.44. The van der Waals surface area contributed by atoms with Crippen molar-refractivity contribution in [2.24, 2.45) is 0 Å². The summed E-state index contributed by atoms with van der Waals surface area (Å²) in [6, 6.07) is 0. The van der Waals surface area contributed by atoms with Crippen molar-refractivity contribution in [1.29, 1.82) is 0 Å². The number of hydrogen-bond donors (Lipinski definition) is 2. The summed E-state index contributed by atoms with van der Waals surface area (Å²) in [7, 11) is 0. The molecule has 3 heterocycles. The van der Waals surface area contributed by atoms with Crippen molar-refractivity contribution < 1.29 is 0 Å². The van der Waals surface area contributed by atoms with E-state index in [-0.39, 0.29) is 0 Å². The molecular weight excluding hydrogens is 260 g/mol. The second-order valence-corrected chi connectivity index (χ2v) is 5.17. The molecule has 0 aliphatic carbocycles. The van der Waals surface area contributed by atoms with Crippen LogP contribution in [0.4, 0.5) is 11.6 Å². The average molecular weight is 274 g/mol. The first kappa shape index (κ1) is 11.9.